The van der Waals surface area contributed by atoms with Crippen LogP contribution in [0.2, 0.25) is 0 Å². The van der Waals surface area contributed by atoms with Gasteiger partial charge in [0.2, 0.25) is 5.91 Å². The Morgan fingerprint density at radius 1 is 1.03 bits per heavy atom. The van der Waals surface area contributed by atoms with E-state index >= 15 is 0 Å². The van der Waals surface area contributed by atoms with Crippen molar-refractivity contribution in [3.8, 4) is 0 Å². The van der Waals surface area contributed by atoms with Crippen LogP contribution in [0.5, 0.6) is 0 Å². The molecule has 3 aromatic rings. The third-order valence-corrected chi connectivity index (χ3v) is 7.99. The van der Waals surface area contributed by atoms with Crippen molar-refractivity contribution in [1.29, 1.82) is 0 Å². The molecule has 2 saturated carbocycles. The molecule has 2 aliphatic carbocycles. The van der Waals surface area contributed by atoms with Gasteiger partial charge in [-0.15, -0.1) is 0 Å². The molecule has 2 aromatic heterocycles. The van der Waals surface area contributed by atoms with Gasteiger partial charge in [0.05, 0.1) is 0 Å². The third kappa shape index (κ3) is 5.35. The summed E-state index contributed by atoms with van der Waals surface area (Å²) in [6.45, 7) is 1.06. The summed E-state index contributed by atoms with van der Waals surface area (Å²) in [4.78, 5) is 17.6. The second-order valence-electron chi connectivity index (χ2n) is 10.5. The second kappa shape index (κ2) is 10.7. The smallest absolute Gasteiger partial charge is 0.221 e. The van der Waals surface area contributed by atoms with Crippen molar-refractivity contribution >= 4 is 16.8 Å². The summed E-state index contributed by atoms with van der Waals surface area (Å²) < 4.78 is 2.45. The Balaban J connectivity index is 1.43. The van der Waals surface area contributed by atoms with Gasteiger partial charge >= 0.3 is 0 Å². The lowest BCUT2D eigenvalue weighted by Crippen LogP contribution is -2.40. The molecule has 2 fully saturated rings. The number of nitrogens with zero attached hydrogens (tertiary/aromatic N) is 2. The van der Waals surface area contributed by atoms with Crippen LogP contribution in [-0.4, -0.2) is 27.5 Å². The van der Waals surface area contributed by atoms with Crippen molar-refractivity contribution in [3.05, 3.63) is 66.1 Å². The topological polar surface area (TPSA) is 72.9 Å². The van der Waals surface area contributed by atoms with Crippen molar-refractivity contribution < 1.29 is 4.79 Å². The van der Waals surface area contributed by atoms with E-state index < -0.39 is 0 Å². The van der Waals surface area contributed by atoms with Gasteiger partial charge in [-0.1, -0.05) is 43.5 Å². The molecule has 5 heteroatoms. The standard InChI is InChI=1S/C29H38N4O/c30-23-12-14-24(15-13-23)32-29(34)17-26(22-9-6-16-31-18-22)27-20-33(19-21-7-2-1-3-8-21)28-11-5-4-10-25(27)28/h4-6,9-11,16,18,20-21,23-24,26H,1-3,7-8,12-15,17,19,30H2,(H,32,34)/t23-,24-,26?. The van der Waals surface area contributed by atoms with E-state index in [1.54, 1.807) is 6.20 Å². The van der Waals surface area contributed by atoms with Crippen LogP contribution in [0.4, 0.5) is 0 Å². The number of rotatable bonds is 7. The minimum absolute atomic E-state index is 0.0166. The minimum atomic E-state index is -0.0166. The van der Waals surface area contributed by atoms with Gasteiger partial charge in [0.15, 0.2) is 0 Å². The van der Waals surface area contributed by atoms with E-state index in [-0.39, 0.29) is 23.9 Å². The first-order chi connectivity index (χ1) is 16.7. The first-order valence-corrected chi connectivity index (χ1v) is 13.2. The molecule has 2 aliphatic rings. The molecule has 1 amide bonds. The quantitative estimate of drug-likeness (QED) is 0.489. The fourth-order valence-corrected chi connectivity index (χ4v) is 6.08. The van der Waals surface area contributed by atoms with E-state index in [2.05, 4.69) is 51.4 Å². The Bertz CT molecular complexity index is 1080. The molecular weight excluding hydrogens is 420 g/mol. The Labute approximate surface area is 203 Å². The number of hydrogen-bond acceptors (Lipinski definition) is 3. The molecule has 34 heavy (non-hydrogen) atoms. The summed E-state index contributed by atoms with van der Waals surface area (Å²) in [6, 6.07) is 13.3. The monoisotopic (exact) mass is 458 g/mol. The average molecular weight is 459 g/mol. The maximum atomic E-state index is 13.2. The summed E-state index contributed by atoms with van der Waals surface area (Å²) in [5.74, 6) is 0.853. The van der Waals surface area contributed by atoms with Crippen LogP contribution in [0.1, 0.15) is 81.3 Å². The number of fused-ring (bicyclic) bond motifs is 1. The van der Waals surface area contributed by atoms with Crippen LogP contribution < -0.4 is 11.1 Å². The zero-order valence-electron chi connectivity index (χ0n) is 20.2. The Morgan fingerprint density at radius 3 is 2.59 bits per heavy atom. The van der Waals surface area contributed by atoms with Crippen LogP contribution in [0.25, 0.3) is 10.9 Å². The van der Waals surface area contributed by atoms with E-state index in [0.717, 1.165) is 43.7 Å². The molecular formula is C29H38N4O. The first kappa shape index (κ1) is 23.1. The van der Waals surface area contributed by atoms with E-state index in [1.807, 2.05) is 12.3 Å². The summed E-state index contributed by atoms with van der Waals surface area (Å²) in [6.07, 6.45) is 17.1. The largest absolute Gasteiger partial charge is 0.353 e. The molecule has 1 unspecified atom stereocenters. The summed E-state index contributed by atoms with van der Waals surface area (Å²) in [5.41, 5.74) is 9.67. The zero-order valence-corrected chi connectivity index (χ0v) is 20.2. The number of aromatic nitrogens is 2. The number of hydrogen-bond donors (Lipinski definition) is 2. The summed E-state index contributed by atoms with van der Waals surface area (Å²) in [5, 5.41) is 4.56. The minimum Gasteiger partial charge on any atom is -0.353 e. The lowest BCUT2D eigenvalue weighted by Gasteiger charge is -2.27. The highest BCUT2D eigenvalue weighted by atomic mass is 16.1. The van der Waals surface area contributed by atoms with E-state index in [1.165, 1.54) is 48.6 Å². The lowest BCUT2D eigenvalue weighted by atomic mass is 9.88. The van der Waals surface area contributed by atoms with E-state index in [4.69, 9.17) is 5.73 Å². The van der Waals surface area contributed by atoms with Gasteiger partial charge in [0.25, 0.3) is 0 Å². The molecule has 1 aromatic carbocycles. The molecule has 5 nitrogen and oxygen atoms in total. The number of benzene rings is 1. The van der Waals surface area contributed by atoms with Gasteiger partial charge in [-0.2, -0.15) is 0 Å². The lowest BCUT2D eigenvalue weighted by molar-refractivity contribution is -0.122. The van der Waals surface area contributed by atoms with Gasteiger partial charge in [-0.3, -0.25) is 9.78 Å². The van der Waals surface area contributed by atoms with Crippen molar-refractivity contribution in [2.75, 3.05) is 0 Å². The van der Waals surface area contributed by atoms with Crippen molar-refractivity contribution in [2.24, 2.45) is 11.7 Å². The Morgan fingerprint density at radius 2 is 1.82 bits per heavy atom. The average Bonchev–Trinajstić information content (AvgIpc) is 3.23. The SMILES string of the molecule is N[C@H]1CC[C@H](NC(=O)CC(c2cccnc2)c2cn(CC3CCCCC3)c3ccccc23)CC1. The van der Waals surface area contributed by atoms with Crippen LogP contribution >= 0.6 is 0 Å². The van der Waals surface area contributed by atoms with Crippen molar-refractivity contribution in [3.63, 3.8) is 0 Å². The molecule has 0 spiro atoms. The molecule has 180 valence electrons. The fraction of sp³-hybridized carbons (Fsp3) is 0.517. The maximum absolute atomic E-state index is 13.2. The van der Waals surface area contributed by atoms with Crippen molar-refractivity contribution in [2.45, 2.75) is 88.8 Å². The number of carbonyl (C=O) groups is 1. The highest BCUT2D eigenvalue weighted by Crippen LogP contribution is 2.36. The molecule has 2 heterocycles. The number of carbonyl (C=O) groups excluding carboxylic acids is 1. The van der Waals surface area contributed by atoms with E-state index in [9.17, 15) is 4.79 Å². The van der Waals surface area contributed by atoms with Gasteiger partial charge in [0, 0.05) is 60.5 Å². The third-order valence-electron chi connectivity index (χ3n) is 7.99. The van der Waals surface area contributed by atoms with Crippen molar-refractivity contribution in [1.82, 2.24) is 14.9 Å². The normalized spacial score (nSPS) is 22.5. The van der Waals surface area contributed by atoms with Crippen LogP contribution in [0, 0.1) is 5.92 Å². The molecule has 0 radical (unpaired) electrons. The fourth-order valence-electron chi connectivity index (χ4n) is 6.08. The van der Waals surface area contributed by atoms with Gasteiger partial charge < -0.3 is 15.6 Å². The number of pyridine rings is 1. The number of amides is 1. The van der Waals surface area contributed by atoms with Gasteiger partial charge in [-0.05, 0) is 67.7 Å². The number of para-hydroxylation sites is 1. The predicted octanol–water partition coefficient (Wildman–Crippen LogP) is 5.52. The molecule has 0 bridgehead atoms. The van der Waals surface area contributed by atoms with Crippen LogP contribution in [-0.2, 0) is 11.3 Å². The molecule has 5 rings (SSSR count). The first-order valence-electron chi connectivity index (χ1n) is 13.2. The van der Waals surface area contributed by atoms with Crippen LogP contribution in [0.3, 0.4) is 0 Å². The maximum Gasteiger partial charge on any atom is 0.221 e. The summed E-state index contributed by atoms with van der Waals surface area (Å²) in [7, 11) is 0. The molecule has 0 saturated heterocycles. The van der Waals surface area contributed by atoms with Crippen LogP contribution in [0.15, 0.2) is 55.0 Å². The molecule has 1 atom stereocenters. The molecule has 0 aliphatic heterocycles. The number of nitrogens with one attached hydrogen (secondary N) is 1. The highest BCUT2D eigenvalue weighted by Gasteiger charge is 2.26. The summed E-state index contributed by atoms with van der Waals surface area (Å²) >= 11 is 0. The molecule has 3 N–H and O–H groups in total. The predicted molar refractivity (Wildman–Crippen MR) is 138 cm³/mol. The highest BCUT2D eigenvalue weighted by molar-refractivity contribution is 5.86. The Kier molecular flexibility index (Phi) is 7.29. The zero-order chi connectivity index (χ0) is 23.3. The number of nitrogens with two attached hydrogens (primary N) is 1. The second-order valence-corrected chi connectivity index (χ2v) is 10.5. The Hall–Kier alpha value is -2.66. The van der Waals surface area contributed by atoms with E-state index in [0.29, 0.717) is 6.42 Å². The van der Waals surface area contributed by atoms with Gasteiger partial charge in [-0.25, -0.2) is 0 Å². The van der Waals surface area contributed by atoms with Gasteiger partial charge in [0.1, 0.15) is 0 Å².